The quantitative estimate of drug-likeness (QED) is 0.633. The Morgan fingerprint density at radius 3 is 1.83 bits per heavy atom. The third-order valence-corrected chi connectivity index (χ3v) is 3.63. The Hall–Kier alpha value is 0.530. The van der Waals surface area contributed by atoms with Gasteiger partial charge in [0.05, 0.1) is 19.3 Å². The van der Waals surface area contributed by atoms with Crippen LogP contribution in [0.25, 0.3) is 0 Å². The third-order valence-electron chi connectivity index (χ3n) is 0.914. The number of rotatable bonds is 6. The highest BCUT2D eigenvalue weighted by Gasteiger charge is 2.20. The lowest BCUT2D eigenvalue weighted by atomic mass is 10.5. The highest BCUT2D eigenvalue weighted by Crippen LogP contribution is 2.50. The molecule has 0 amide bonds. The second kappa shape index (κ2) is 6.06. The van der Waals surface area contributed by atoms with E-state index >= 15 is 0 Å². The average molecular weight is 212 g/mol. The summed E-state index contributed by atoms with van der Waals surface area (Å²) in [6, 6.07) is 0. The van der Waals surface area contributed by atoms with Crippen molar-refractivity contribution in [3.8, 4) is 0 Å². The van der Waals surface area contributed by atoms with Crippen molar-refractivity contribution < 1.29 is 13.6 Å². The molecule has 0 unspecified atom stereocenters. The summed E-state index contributed by atoms with van der Waals surface area (Å²) in [6.07, 6.45) is 0.0499. The molecule has 0 N–H and O–H groups in total. The van der Waals surface area contributed by atoms with Gasteiger partial charge in [0.1, 0.15) is 0 Å². The van der Waals surface area contributed by atoms with Gasteiger partial charge in [-0.2, -0.15) is 0 Å². The van der Waals surface area contributed by atoms with E-state index in [0.29, 0.717) is 13.2 Å². The SMILES string of the molecule is CCOP(=S)(OCC)OC(C)C. The molecule has 0 aliphatic rings. The van der Waals surface area contributed by atoms with Crippen molar-refractivity contribution in [3.05, 3.63) is 0 Å². The van der Waals surface area contributed by atoms with E-state index in [1.54, 1.807) is 0 Å². The Bertz CT molecular complexity index is 151. The van der Waals surface area contributed by atoms with Crippen LogP contribution in [0.15, 0.2) is 0 Å². The van der Waals surface area contributed by atoms with E-state index in [0.717, 1.165) is 0 Å². The smallest absolute Gasteiger partial charge is 0.309 e. The first-order valence-corrected chi connectivity index (χ1v) is 6.67. The fraction of sp³-hybridized carbons (Fsp3) is 1.00. The summed E-state index contributed by atoms with van der Waals surface area (Å²) in [4.78, 5) is 0. The van der Waals surface area contributed by atoms with Crippen LogP contribution in [0.5, 0.6) is 0 Å². The second-order valence-electron chi connectivity index (χ2n) is 2.44. The minimum absolute atomic E-state index is 0.0499. The van der Waals surface area contributed by atoms with Crippen molar-refractivity contribution in [2.45, 2.75) is 33.8 Å². The van der Waals surface area contributed by atoms with Crippen LogP contribution in [-0.4, -0.2) is 19.3 Å². The van der Waals surface area contributed by atoms with E-state index in [2.05, 4.69) is 0 Å². The van der Waals surface area contributed by atoms with Crippen LogP contribution in [0, 0.1) is 0 Å². The summed E-state index contributed by atoms with van der Waals surface area (Å²) in [5.74, 6) is 0. The molecule has 5 heteroatoms. The molecule has 12 heavy (non-hydrogen) atoms. The molecule has 0 saturated carbocycles. The molecule has 0 bridgehead atoms. The summed E-state index contributed by atoms with van der Waals surface area (Å²) in [5.41, 5.74) is 0. The van der Waals surface area contributed by atoms with Gasteiger partial charge in [-0.3, -0.25) is 0 Å². The van der Waals surface area contributed by atoms with Gasteiger partial charge < -0.3 is 13.6 Å². The molecule has 0 aliphatic carbocycles. The molecule has 0 fully saturated rings. The molecule has 0 spiro atoms. The monoisotopic (exact) mass is 212 g/mol. The first-order chi connectivity index (χ1) is 5.54. The lowest BCUT2D eigenvalue weighted by molar-refractivity contribution is 0.138. The van der Waals surface area contributed by atoms with Crippen molar-refractivity contribution in [1.82, 2.24) is 0 Å². The number of hydrogen-bond acceptors (Lipinski definition) is 4. The Kier molecular flexibility index (Phi) is 6.32. The maximum Gasteiger partial charge on any atom is 0.327 e. The molecule has 74 valence electrons. The van der Waals surface area contributed by atoms with Crippen LogP contribution in [0.4, 0.5) is 0 Å². The van der Waals surface area contributed by atoms with Gasteiger partial charge in [-0.05, 0) is 39.5 Å². The molecular formula is C7H17O3PS. The first-order valence-electron chi connectivity index (χ1n) is 4.11. The summed E-state index contributed by atoms with van der Waals surface area (Å²) < 4.78 is 15.9. The first kappa shape index (κ1) is 12.5. The molecule has 0 aromatic carbocycles. The van der Waals surface area contributed by atoms with Gasteiger partial charge >= 0.3 is 6.72 Å². The van der Waals surface area contributed by atoms with Crippen molar-refractivity contribution >= 4 is 18.5 Å². The van der Waals surface area contributed by atoms with Gasteiger partial charge in [0.2, 0.25) is 0 Å². The Morgan fingerprint density at radius 2 is 1.58 bits per heavy atom. The lowest BCUT2D eigenvalue weighted by Gasteiger charge is -2.22. The van der Waals surface area contributed by atoms with Gasteiger partial charge in [0.25, 0.3) is 0 Å². The fourth-order valence-corrected chi connectivity index (χ4v) is 3.17. The highest BCUT2D eigenvalue weighted by molar-refractivity contribution is 8.07. The van der Waals surface area contributed by atoms with Crippen LogP contribution in [-0.2, 0) is 25.4 Å². The molecule has 0 rings (SSSR count). The normalized spacial score (nSPS) is 12.4. The van der Waals surface area contributed by atoms with E-state index in [-0.39, 0.29) is 6.10 Å². The van der Waals surface area contributed by atoms with Gasteiger partial charge in [-0.1, -0.05) is 0 Å². The van der Waals surface area contributed by atoms with Gasteiger partial charge in [-0.25, -0.2) is 0 Å². The summed E-state index contributed by atoms with van der Waals surface area (Å²) >= 11 is 5.12. The zero-order chi connectivity index (χ0) is 9.61. The predicted octanol–water partition coefficient (Wildman–Crippen LogP) is 2.71. The van der Waals surface area contributed by atoms with Crippen molar-refractivity contribution in [1.29, 1.82) is 0 Å². The Morgan fingerprint density at radius 1 is 1.17 bits per heavy atom. The second-order valence-corrected chi connectivity index (χ2v) is 5.40. The minimum Gasteiger partial charge on any atom is -0.309 e. The van der Waals surface area contributed by atoms with Crippen molar-refractivity contribution in [2.24, 2.45) is 0 Å². The van der Waals surface area contributed by atoms with Gasteiger partial charge in [0, 0.05) is 0 Å². The Balaban J connectivity index is 4.08. The molecule has 0 atom stereocenters. The molecule has 0 aromatic rings. The zero-order valence-corrected chi connectivity index (χ0v) is 9.78. The number of hydrogen-bond donors (Lipinski definition) is 0. The summed E-state index contributed by atoms with van der Waals surface area (Å²) in [5, 5.41) is 0. The molecule has 0 saturated heterocycles. The summed E-state index contributed by atoms with van der Waals surface area (Å²) in [7, 11) is 0. The van der Waals surface area contributed by atoms with Crippen LogP contribution in [0.2, 0.25) is 0 Å². The van der Waals surface area contributed by atoms with E-state index in [4.69, 9.17) is 25.4 Å². The minimum atomic E-state index is -2.44. The fourth-order valence-electron chi connectivity index (χ4n) is 0.673. The maximum absolute atomic E-state index is 5.40. The third kappa shape index (κ3) is 5.22. The van der Waals surface area contributed by atoms with E-state index in [1.165, 1.54) is 0 Å². The molecular weight excluding hydrogens is 195 g/mol. The standard InChI is InChI=1S/C7H17O3PS/c1-5-8-11(12,9-6-2)10-7(3)4/h7H,5-6H2,1-4H3. The van der Waals surface area contributed by atoms with Crippen LogP contribution in [0.3, 0.4) is 0 Å². The summed E-state index contributed by atoms with van der Waals surface area (Å²) in [6.45, 7) is 6.21. The molecule has 0 radical (unpaired) electrons. The van der Waals surface area contributed by atoms with E-state index < -0.39 is 6.72 Å². The molecule has 0 aliphatic heterocycles. The molecule has 0 heterocycles. The van der Waals surface area contributed by atoms with Crippen molar-refractivity contribution in [2.75, 3.05) is 13.2 Å². The average Bonchev–Trinajstić information content (AvgIpc) is 1.85. The van der Waals surface area contributed by atoms with Crippen LogP contribution >= 0.6 is 6.72 Å². The van der Waals surface area contributed by atoms with Gasteiger partial charge in [-0.15, -0.1) is 0 Å². The van der Waals surface area contributed by atoms with Gasteiger partial charge in [0.15, 0.2) is 0 Å². The van der Waals surface area contributed by atoms with Crippen molar-refractivity contribution in [3.63, 3.8) is 0 Å². The highest BCUT2D eigenvalue weighted by atomic mass is 32.5. The van der Waals surface area contributed by atoms with E-state index in [1.807, 2.05) is 27.7 Å². The van der Waals surface area contributed by atoms with Crippen LogP contribution in [0.1, 0.15) is 27.7 Å². The van der Waals surface area contributed by atoms with Crippen LogP contribution < -0.4 is 0 Å². The zero-order valence-electron chi connectivity index (χ0n) is 8.07. The topological polar surface area (TPSA) is 27.7 Å². The maximum atomic E-state index is 5.40. The largest absolute Gasteiger partial charge is 0.327 e. The Labute approximate surface area is 79.6 Å². The molecule has 0 aromatic heterocycles. The predicted molar refractivity (Wildman–Crippen MR) is 53.8 cm³/mol. The molecule has 3 nitrogen and oxygen atoms in total. The lowest BCUT2D eigenvalue weighted by Crippen LogP contribution is -2.05. The van der Waals surface area contributed by atoms with E-state index in [9.17, 15) is 0 Å².